The molecule has 4 aromatic rings. The molecule has 2 aromatic carbocycles. The van der Waals surface area contributed by atoms with Crippen molar-refractivity contribution in [3.05, 3.63) is 47.7 Å². The number of benzene rings is 2. The molecule has 1 aliphatic carbocycles. The van der Waals surface area contributed by atoms with Gasteiger partial charge in [0.2, 0.25) is 0 Å². The first kappa shape index (κ1) is 46.7. The number of nitrogens with zero attached hydrogens (tertiary/aromatic N) is 5. The van der Waals surface area contributed by atoms with Gasteiger partial charge in [-0.1, -0.05) is 40.2 Å². The van der Waals surface area contributed by atoms with E-state index in [1.807, 2.05) is 18.7 Å². The highest BCUT2D eigenvalue weighted by molar-refractivity contribution is 6.74. The highest BCUT2D eigenvalue weighted by Crippen LogP contribution is 2.49. The van der Waals surface area contributed by atoms with E-state index >= 15 is 13.2 Å². The maximum Gasteiger partial charge on any atom is 0.410 e. The molecule has 3 fully saturated rings. The van der Waals surface area contributed by atoms with Gasteiger partial charge < -0.3 is 37.9 Å². The number of likely N-dealkylation sites (tertiary alicyclic amines) is 1. The topological polar surface area (TPSA) is 118 Å². The zero-order chi connectivity index (χ0) is 45.7. The second-order valence-corrected chi connectivity index (χ2v) is 25.0. The van der Waals surface area contributed by atoms with E-state index in [1.54, 1.807) is 45.2 Å². The summed E-state index contributed by atoms with van der Waals surface area (Å²) >= 11 is 0. The van der Waals surface area contributed by atoms with Gasteiger partial charge in [-0.15, -0.1) is 0 Å². The van der Waals surface area contributed by atoms with Gasteiger partial charge in [0, 0.05) is 43.4 Å². The standard InChI is InChI=1S/C47H64F3N5O7Si/c1-12-32-35(49)16-15-29-20-31(60-28-57-9)21-33(37(29)32)39-38(50)40-34(23-51-39)41(54-18-19-58-26-46(8,25-54)62-63(10,11)45(5,6)7)53-42(52-40)59-27-47-17-13-14-36(47)55(24-30(48)22-47)43(56)61-44(2,3)4/h15-16,20-21,23,30,36H,12-14,17-19,22,24-28H2,1-11H3/t30-,36+,46-,47+/m0/s1. The number of hydrogen-bond donors (Lipinski definition) is 0. The highest BCUT2D eigenvalue weighted by atomic mass is 28.4. The predicted octanol–water partition coefficient (Wildman–Crippen LogP) is 10.2. The number of alkyl halides is 1. The Bertz CT molecular complexity index is 2340. The van der Waals surface area contributed by atoms with E-state index in [9.17, 15) is 4.79 Å². The van der Waals surface area contributed by atoms with Gasteiger partial charge >= 0.3 is 12.1 Å². The molecule has 0 bridgehead atoms. The molecule has 4 atom stereocenters. The molecule has 7 rings (SSSR count). The number of methoxy groups -OCH3 is 1. The van der Waals surface area contributed by atoms with Crippen LogP contribution in [0.4, 0.5) is 23.8 Å². The first-order valence-electron chi connectivity index (χ1n) is 22.1. The molecule has 2 aromatic heterocycles. The molecule has 3 aliphatic rings. The Morgan fingerprint density at radius 2 is 1.84 bits per heavy atom. The molecule has 0 N–H and O–H groups in total. The number of carbonyl (C=O) groups is 1. The normalized spacial score (nSPS) is 23.5. The van der Waals surface area contributed by atoms with Crippen LogP contribution in [0, 0.1) is 17.0 Å². The lowest BCUT2D eigenvalue weighted by molar-refractivity contribution is -0.0505. The molecular formula is C47H64F3N5O7Si. The number of rotatable bonds is 11. The van der Waals surface area contributed by atoms with Crippen LogP contribution in [0.15, 0.2) is 30.5 Å². The maximum absolute atomic E-state index is 17.7. The third kappa shape index (κ3) is 9.60. The van der Waals surface area contributed by atoms with Crippen molar-refractivity contribution in [2.24, 2.45) is 5.41 Å². The predicted molar refractivity (Wildman–Crippen MR) is 240 cm³/mol. The minimum absolute atomic E-state index is 0.0140. The summed E-state index contributed by atoms with van der Waals surface area (Å²) in [6.45, 7) is 21.5. The van der Waals surface area contributed by atoms with Gasteiger partial charge in [0.15, 0.2) is 20.9 Å². The molecule has 2 aliphatic heterocycles. The van der Waals surface area contributed by atoms with Gasteiger partial charge in [0.1, 0.15) is 40.4 Å². The van der Waals surface area contributed by atoms with E-state index in [-0.39, 0.29) is 54.7 Å². The molecule has 2 saturated heterocycles. The van der Waals surface area contributed by atoms with Crippen molar-refractivity contribution < 1.29 is 46.1 Å². The Balaban J connectivity index is 1.36. The first-order valence-corrected chi connectivity index (χ1v) is 25.0. The minimum atomic E-state index is -2.31. The molecule has 0 spiro atoms. The van der Waals surface area contributed by atoms with E-state index in [1.165, 1.54) is 18.1 Å². The Hall–Kier alpha value is -4.25. The fourth-order valence-corrected chi connectivity index (χ4v) is 11.1. The summed E-state index contributed by atoms with van der Waals surface area (Å²) in [7, 11) is -0.811. The number of halogens is 3. The number of fused-ring (bicyclic) bond motifs is 3. The lowest BCUT2D eigenvalue weighted by atomic mass is 9.75. The number of hydrogen-bond acceptors (Lipinski definition) is 11. The van der Waals surface area contributed by atoms with Crippen molar-refractivity contribution in [2.75, 3.05) is 58.3 Å². The summed E-state index contributed by atoms with van der Waals surface area (Å²) in [5, 5.41) is 1.39. The average molecular weight is 896 g/mol. The van der Waals surface area contributed by atoms with Crippen molar-refractivity contribution in [1.29, 1.82) is 0 Å². The van der Waals surface area contributed by atoms with E-state index in [0.29, 0.717) is 84.4 Å². The van der Waals surface area contributed by atoms with Crippen LogP contribution in [0.2, 0.25) is 18.1 Å². The molecule has 16 heteroatoms. The first-order chi connectivity index (χ1) is 29.6. The van der Waals surface area contributed by atoms with Crippen molar-refractivity contribution in [3.63, 3.8) is 0 Å². The highest BCUT2D eigenvalue weighted by Gasteiger charge is 2.54. The summed E-state index contributed by atoms with van der Waals surface area (Å²) in [5.41, 5.74) is -1.68. The lowest BCUT2D eigenvalue weighted by Gasteiger charge is -2.47. The molecule has 344 valence electrons. The number of pyridine rings is 1. The second-order valence-electron chi connectivity index (χ2n) is 20.3. The fraction of sp³-hybridized carbons (Fsp3) is 0.617. The summed E-state index contributed by atoms with van der Waals surface area (Å²) in [6.07, 6.45) is 2.23. The third-order valence-electron chi connectivity index (χ3n) is 13.2. The van der Waals surface area contributed by atoms with Crippen LogP contribution in [0.1, 0.15) is 86.6 Å². The minimum Gasteiger partial charge on any atom is -0.468 e. The van der Waals surface area contributed by atoms with E-state index in [2.05, 4.69) is 33.9 Å². The Morgan fingerprint density at radius 3 is 2.54 bits per heavy atom. The summed E-state index contributed by atoms with van der Waals surface area (Å²) in [4.78, 5) is 31.5. The van der Waals surface area contributed by atoms with Crippen molar-refractivity contribution >= 4 is 41.9 Å². The molecule has 1 saturated carbocycles. The Kier molecular flexibility index (Phi) is 13.1. The van der Waals surface area contributed by atoms with Crippen LogP contribution in [0.5, 0.6) is 11.8 Å². The number of aryl methyl sites for hydroxylation is 1. The van der Waals surface area contributed by atoms with Crippen molar-refractivity contribution in [2.45, 2.75) is 129 Å². The number of ether oxygens (including phenoxy) is 5. The van der Waals surface area contributed by atoms with Gasteiger partial charge in [-0.2, -0.15) is 9.97 Å². The van der Waals surface area contributed by atoms with Gasteiger partial charge in [-0.25, -0.2) is 18.0 Å². The van der Waals surface area contributed by atoms with E-state index in [0.717, 1.165) is 6.42 Å². The zero-order valence-electron chi connectivity index (χ0n) is 38.8. The fourth-order valence-electron chi connectivity index (χ4n) is 9.40. The average Bonchev–Trinajstić information content (AvgIpc) is 3.52. The third-order valence-corrected chi connectivity index (χ3v) is 17.8. The van der Waals surface area contributed by atoms with E-state index < -0.39 is 48.8 Å². The lowest BCUT2D eigenvalue weighted by Crippen LogP contribution is -2.58. The van der Waals surface area contributed by atoms with Crippen molar-refractivity contribution in [3.8, 4) is 23.0 Å². The number of aromatic nitrogens is 3. The number of anilines is 1. The maximum atomic E-state index is 17.7. The van der Waals surface area contributed by atoms with E-state index in [4.69, 9.17) is 43.1 Å². The molecule has 4 heterocycles. The molecule has 63 heavy (non-hydrogen) atoms. The monoisotopic (exact) mass is 895 g/mol. The van der Waals surface area contributed by atoms with Crippen LogP contribution in [0.25, 0.3) is 32.9 Å². The van der Waals surface area contributed by atoms with Gasteiger partial charge in [0.05, 0.1) is 37.4 Å². The van der Waals surface area contributed by atoms with Gasteiger partial charge in [-0.05, 0) is 106 Å². The molecule has 0 radical (unpaired) electrons. The van der Waals surface area contributed by atoms with Crippen LogP contribution >= 0.6 is 0 Å². The van der Waals surface area contributed by atoms with Gasteiger partial charge in [-0.3, -0.25) is 4.98 Å². The molecule has 12 nitrogen and oxygen atoms in total. The summed E-state index contributed by atoms with van der Waals surface area (Å²) in [6, 6.07) is 5.98. The number of amides is 1. The second kappa shape index (κ2) is 17.6. The van der Waals surface area contributed by atoms with Crippen LogP contribution in [0.3, 0.4) is 0 Å². The Labute approximate surface area is 370 Å². The van der Waals surface area contributed by atoms with Gasteiger partial charge in [0.25, 0.3) is 0 Å². The van der Waals surface area contributed by atoms with Crippen molar-refractivity contribution in [1.82, 2.24) is 19.9 Å². The molecular weight excluding hydrogens is 832 g/mol. The van der Waals surface area contributed by atoms with Crippen LogP contribution < -0.4 is 14.4 Å². The number of piperidine rings is 1. The van der Waals surface area contributed by atoms with Crippen LogP contribution in [-0.4, -0.2) is 111 Å². The summed E-state index contributed by atoms with van der Waals surface area (Å²) < 4.78 is 85.4. The van der Waals surface area contributed by atoms with Crippen LogP contribution in [-0.2, 0) is 25.1 Å². The zero-order valence-corrected chi connectivity index (χ0v) is 39.8. The molecule has 1 amide bonds. The Morgan fingerprint density at radius 1 is 1.08 bits per heavy atom. The quantitative estimate of drug-likeness (QED) is 0.106. The number of carbonyl (C=O) groups excluding carboxylic acids is 1. The summed E-state index contributed by atoms with van der Waals surface area (Å²) in [5.74, 6) is -0.429. The smallest absolute Gasteiger partial charge is 0.410 e. The molecule has 0 unspecified atom stereocenters. The SMILES string of the molecule is CCc1c(F)ccc2cc(OCOC)cc(-c3ncc4c(N5CCOC[C@@](C)(O[Si](C)(C)C(C)(C)C)C5)nc(OC[C@]56CCC[C@H]5N(C(=O)OC(C)(C)C)C[C@@H](F)C6)nc4c3F)c12. The largest absolute Gasteiger partial charge is 0.468 e.